The lowest BCUT2D eigenvalue weighted by atomic mass is 9.13. The molecule has 6 rings (SSSR count). The van der Waals surface area contributed by atoms with E-state index in [0.717, 1.165) is 17.3 Å². The fraction of sp³-hybridized carbons (Fsp3) is 0.818. The Balaban J connectivity index is 1.84. The van der Waals surface area contributed by atoms with E-state index in [1.165, 1.54) is 29.6 Å². The Kier molecular flexibility index (Phi) is 0.384. The van der Waals surface area contributed by atoms with Crippen molar-refractivity contribution in [2.45, 2.75) is 6.42 Å². The molecular weight excluding hydrogens is 132 g/mol. The molecule has 0 aromatic heterocycles. The Labute approximate surface area is 66.7 Å². The first-order valence-electron chi connectivity index (χ1n) is 5.05. The van der Waals surface area contributed by atoms with Crippen molar-refractivity contribution < 1.29 is 0 Å². The number of hydrogen-bond acceptors (Lipinski definition) is 0. The van der Waals surface area contributed by atoms with E-state index in [0.29, 0.717) is 0 Å². The molecule has 6 aliphatic carbocycles. The normalized spacial score (nSPS) is 89.3. The fourth-order valence-corrected chi connectivity index (χ4v) is 6.39. The summed E-state index contributed by atoms with van der Waals surface area (Å²) in [6.07, 6.45) is 3.95. The molecule has 0 heterocycles. The van der Waals surface area contributed by atoms with Crippen LogP contribution in [0.15, 0.2) is 12.7 Å². The monoisotopic (exact) mass is 144 g/mol. The van der Waals surface area contributed by atoms with Crippen LogP contribution in [0.1, 0.15) is 6.42 Å². The largest absolute Gasteiger partial charge is 0.102 e. The first-order chi connectivity index (χ1) is 5.41. The van der Waals surface area contributed by atoms with Gasteiger partial charge in [0.1, 0.15) is 0 Å². The molecule has 0 N–H and O–H groups in total. The van der Waals surface area contributed by atoms with Crippen molar-refractivity contribution in [1.29, 1.82) is 0 Å². The molecule has 11 heavy (non-hydrogen) atoms. The molecule has 0 aliphatic heterocycles. The van der Waals surface area contributed by atoms with Gasteiger partial charge in [-0.2, -0.15) is 0 Å². The highest BCUT2D eigenvalue weighted by atomic mass is 15.0. The van der Waals surface area contributed by atoms with Crippen molar-refractivity contribution in [3.63, 3.8) is 0 Å². The lowest BCUT2D eigenvalue weighted by Gasteiger charge is -2.90. The summed E-state index contributed by atoms with van der Waals surface area (Å²) in [6, 6.07) is 0. The first-order valence-corrected chi connectivity index (χ1v) is 5.05. The summed E-state index contributed by atoms with van der Waals surface area (Å²) in [4.78, 5) is 0. The van der Waals surface area contributed by atoms with Crippen LogP contribution in [0.2, 0.25) is 0 Å². The smallest absolute Gasteiger partial charge is 0.00193 e. The average Bonchev–Trinajstić information content (AvgIpc) is 2.27. The van der Waals surface area contributed by atoms with E-state index in [-0.39, 0.29) is 0 Å². The van der Waals surface area contributed by atoms with Crippen molar-refractivity contribution in [2.75, 3.05) is 0 Å². The molecule has 0 amide bonds. The molecule has 6 saturated carbocycles. The third kappa shape index (κ3) is 0.181. The van der Waals surface area contributed by atoms with Gasteiger partial charge in [-0.1, -0.05) is 6.08 Å². The first kappa shape index (κ1) is 4.69. The Morgan fingerprint density at radius 3 is 2.36 bits per heavy atom. The summed E-state index contributed by atoms with van der Waals surface area (Å²) in [7, 11) is 0. The van der Waals surface area contributed by atoms with Crippen molar-refractivity contribution in [3.05, 3.63) is 12.7 Å². The Morgan fingerprint density at radius 2 is 1.82 bits per heavy atom. The van der Waals surface area contributed by atoms with E-state index in [1.807, 2.05) is 0 Å². The van der Waals surface area contributed by atoms with Gasteiger partial charge >= 0.3 is 0 Å². The summed E-state index contributed by atoms with van der Waals surface area (Å²) in [6.45, 7) is 4.04. The summed E-state index contributed by atoms with van der Waals surface area (Å²) in [5, 5.41) is 0. The van der Waals surface area contributed by atoms with Crippen molar-refractivity contribution in [3.8, 4) is 0 Å². The van der Waals surface area contributed by atoms with E-state index in [2.05, 4.69) is 12.7 Å². The molecular formula is C11H12. The molecule has 0 heteroatoms. The van der Waals surface area contributed by atoms with E-state index in [9.17, 15) is 0 Å². The molecule has 0 unspecified atom stereocenters. The molecule has 6 fully saturated rings. The zero-order valence-electron chi connectivity index (χ0n) is 6.53. The minimum Gasteiger partial charge on any atom is -0.102 e. The maximum atomic E-state index is 4.04. The highest BCUT2D eigenvalue weighted by Gasteiger charge is 2.96. The van der Waals surface area contributed by atoms with Crippen LogP contribution < -0.4 is 0 Å². The number of hydrogen-bond donors (Lipinski definition) is 0. The van der Waals surface area contributed by atoms with Gasteiger partial charge in [0.25, 0.3) is 0 Å². The van der Waals surface area contributed by atoms with E-state index >= 15 is 0 Å². The minimum absolute atomic E-state index is 0.757. The molecule has 0 nitrogen and oxygen atoms in total. The molecule has 56 valence electrons. The Hall–Kier alpha value is -0.260. The Bertz CT molecular complexity index is 279. The van der Waals surface area contributed by atoms with Gasteiger partial charge in [-0.05, 0) is 53.3 Å². The molecule has 0 aromatic carbocycles. The van der Waals surface area contributed by atoms with Gasteiger partial charge in [0.2, 0.25) is 0 Å². The molecule has 6 aliphatic rings. The van der Waals surface area contributed by atoms with Gasteiger partial charge in [0.05, 0.1) is 0 Å². The van der Waals surface area contributed by atoms with E-state index in [4.69, 9.17) is 0 Å². The van der Waals surface area contributed by atoms with Crippen LogP contribution in [-0.4, -0.2) is 0 Å². The van der Waals surface area contributed by atoms with Crippen molar-refractivity contribution >= 4 is 0 Å². The Morgan fingerprint density at radius 1 is 1.09 bits per heavy atom. The number of rotatable bonds is 1. The molecule has 4 atom stereocenters. The lowest BCUT2D eigenvalue weighted by Crippen LogP contribution is -2.88. The van der Waals surface area contributed by atoms with Crippen LogP contribution in [0.4, 0.5) is 0 Å². The SMILES string of the molecule is C=CC12C3[C@H]4C5CC([C@H]41)[C@@H]2[C@H]53. The van der Waals surface area contributed by atoms with Gasteiger partial charge < -0.3 is 0 Å². The van der Waals surface area contributed by atoms with Crippen LogP contribution in [0.25, 0.3) is 0 Å². The molecule has 0 aromatic rings. The minimum atomic E-state index is 0.757. The second-order valence-electron chi connectivity index (χ2n) is 5.50. The predicted octanol–water partition coefficient (Wildman–Crippen LogP) is 1.93. The zero-order valence-corrected chi connectivity index (χ0v) is 6.53. The van der Waals surface area contributed by atoms with Gasteiger partial charge in [-0.3, -0.25) is 0 Å². The van der Waals surface area contributed by atoms with Crippen LogP contribution in [0.5, 0.6) is 0 Å². The van der Waals surface area contributed by atoms with E-state index < -0.39 is 0 Å². The number of allylic oxidation sites excluding steroid dienone is 1. The second-order valence-corrected chi connectivity index (χ2v) is 5.50. The summed E-state index contributed by atoms with van der Waals surface area (Å²) in [5.74, 6) is 8.33. The fourth-order valence-electron chi connectivity index (χ4n) is 6.39. The standard InChI is InChI=1S/C11H12/c1-2-11-8-5-3-4-6(8)10(11)7(4)9(5)11/h2,4-10H,1,3H2/t4?,5?,6-,7-,8+,9+,10?,11?/m0/s1. The van der Waals surface area contributed by atoms with Crippen LogP contribution in [-0.2, 0) is 0 Å². The average molecular weight is 144 g/mol. The van der Waals surface area contributed by atoms with Crippen LogP contribution in [0, 0.1) is 46.8 Å². The van der Waals surface area contributed by atoms with Crippen molar-refractivity contribution in [2.24, 2.45) is 46.8 Å². The maximum Gasteiger partial charge on any atom is -0.00193 e. The molecule has 2 bridgehead atoms. The van der Waals surface area contributed by atoms with Crippen molar-refractivity contribution in [1.82, 2.24) is 0 Å². The highest BCUT2D eigenvalue weighted by Crippen LogP contribution is 3.00. The van der Waals surface area contributed by atoms with Crippen LogP contribution >= 0.6 is 0 Å². The topological polar surface area (TPSA) is 0 Å². The zero-order chi connectivity index (χ0) is 6.96. The maximum absolute atomic E-state index is 4.04. The van der Waals surface area contributed by atoms with Gasteiger partial charge in [-0.25, -0.2) is 0 Å². The summed E-state index contributed by atoms with van der Waals surface area (Å²) >= 11 is 0. The molecule has 0 spiro atoms. The lowest BCUT2D eigenvalue weighted by molar-refractivity contribution is -0.425. The third-order valence-corrected chi connectivity index (χ3v) is 6.20. The van der Waals surface area contributed by atoms with Gasteiger partial charge in [-0.15, -0.1) is 6.58 Å². The van der Waals surface area contributed by atoms with Crippen LogP contribution in [0.3, 0.4) is 0 Å². The third-order valence-electron chi connectivity index (χ3n) is 6.20. The predicted molar refractivity (Wildman–Crippen MR) is 41.7 cm³/mol. The summed E-state index contributed by atoms with van der Waals surface area (Å²) < 4.78 is 0. The molecule has 0 radical (unpaired) electrons. The quantitative estimate of drug-likeness (QED) is 0.493. The van der Waals surface area contributed by atoms with E-state index in [1.54, 1.807) is 6.42 Å². The van der Waals surface area contributed by atoms with Gasteiger partial charge in [0.15, 0.2) is 0 Å². The second kappa shape index (κ2) is 0.901. The van der Waals surface area contributed by atoms with Gasteiger partial charge in [0, 0.05) is 0 Å². The summed E-state index contributed by atoms with van der Waals surface area (Å²) in [5.41, 5.74) is 0.757. The molecule has 0 saturated heterocycles. The highest BCUT2D eigenvalue weighted by molar-refractivity contribution is 5.47.